The van der Waals surface area contributed by atoms with E-state index in [2.05, 4.69) is 42.2 Å². The van der Waals surface area contributed by atoms with Gasteiger partial charge in [0.25, 0.3) is 11.8 Å². The zero-order chi connectivity index (χ0) is 21.3. The molecular formula is C18H13Br2Cl2N5O2. The second-order valence-electron chi connectivity index (χ2n) is 5.90. The summed E-state index contributed by atoms with van der Waals surface area (Å²) in [4.78, 5) is 29.8. The number of carbonyl (C=O) groups is 2. The van der Waals surface area contributed by atoms with Crippen LogP contribution in [0.15, 0.2) is 51.7 Å². The number of nitrogens with two attached hydrogens (primary N) is 1. The molecule has 2 aromatic heterocycles. The molecule has 0 aliphatic rings. The summed E-state index contributed by atoms with van der Waals surface area (Å²) < 4.78 is 2.62. The minimum atomic E-state index is -0.521. The second kappa shape index (κ2) is 8.85. The number of amides is 2. The Morgan fingerprint density at radius 3 is 2.62 bits per heavy atom. The molecule has 0 aliphatic heterocycles. The van der Waals surface area contributed by atoms with Crippen LogP contribution in [0.25, 0.3) is 5.82 Å². The van der Waals surface area contributed by atoms with E-state index in [9.17, 15) is 9.59 Å². The molecule has 0 spiro atoms. The number of nitrogens with one attached hydrogen (secondary N) is 1. The average Bonchev–Trinajstić information content (AvgIpc) is 3.05. The third-order valence-corrected chi connectivity index (χ3v) is 5.40. The van der Waals surface area contributed by atoms with Crippen LogP contribution in [0, 0.1) is 0 Å². The van der Waals surface area contributed by atoms with Crippen molar-refractivity contribution in [3.8, 4) is 5.82 Å². The zero-order valence-corrected chi connectivity index (χ0v) is 19.5. The van der Waals surface area contributed by atoms with Crippen molar-refractivity contribution in [3.63, 3.8) is 0 Å². The molecule has 29 heavy (non-hydrogen) atoms. The lowest BCUT2D eigenvalue weighted by atomic mass is 10.1. The molecule has 0 unspecified atom stereocenters. The van der Waals surface area contributed by atoms with E-state index in [1.54, 1.807) is 41.2 Å². The molecule has 1 aromatic carbocycles. The number of nitrogens with zero attached hydrogens (tertiary/aromatic N) is 3. The maximum atomic E-state index is 13.1. The summed E-state index contributed by atoms with van der Waals surface area (Å²) in [6.45, 7) is 0. The van der Waals surface area contributed by atoms with E-state index in [0.717, 1.165) is 5.01 Å². The first-order chi connectivity index (χ1) is 13.7. The van der Waals surface area contributed by atoms with E-state index in [1.807, 2.05) is 0 Å². The van der Waals surface area contributed by atoms with Crippen molar-refractivity contribution in [2.24, 2.45) is 5.84 Å². The number of hydrogen-bond acceptors (Lipinski definition) is 4. The predicted octanol–water partition coefficient (Wildman–Crippen LogP) is 4.90. The molecular weight excluding hydrogens is 549 g/mol. The summed E-state index contributed by atoms with van der Waals surface area (Å²) in [5.74, 6) is 4.95. The van der Waals surface area contributed by atoms with Crippen molar-refractivity contribution in [1.29, 1.82) is 0 Å². The molecule has 0 bridgehead atoms. The normalized spacial score (nSPS) is 10.7. The van der Waals surface area contributed by atoms with Crippen LogP contribution in [-0.4, -0.2) is 33.4 Å². The molecule has 3 N–H and O–H groups in total. The minimum Gasteiger partial charge on any atom is -0.319 e. The number of hydrazine groups is 1. The summed E-state index contributed by atoms with van der Waals surface area (Å²) in [6.07, 6.45) is 3.24. The number of pyridine rings is 1. The molecule has 0 fully saturated rings. The molecule has 3 rings (SSSR count). The van der Waals surface area contributed by atoms with Gasteiger partial charge in [-0.1, -0.05) is 23.2 Å². The molecule has 0 saturated carbocycles. The molecule has 0 radical (unpaired) electrons. The summed E-state index contributed by atoms with van der Waals surface area (Å²) in [5, 5.41) is 4.33. The van der Waals surface area contributed by atoms with Crippen LogP contribution in [0.5, 0.6) is 0 Å². The third-order valence-electron chi connectivity index (χ3n) is 3.83. The number of aromatic nitrogens is 2. The molecule has 11 heteroatoms. The lowest BCUT2D eigenvalue weighted by Gasteiger charge is -2.17. The van der Waals surface area contributed by atoms with Gasteiger partial charge in [0.1, 0.15) is 5.69 Å². The van der Waals surface area contributed by atoms with Gasteiger partial charge in [-0.15, -0.1) is 0 Å². The Hall–Kier alpha value is -1.91. The van der Waals surface area contributed by atoms with E-state index in [4.69, 9.17) is 29.0 Å². The summed E-state index contributed by atoms with van der Waals surface area (Å²) in [5.41, 5.74) is 0.618. The van der Waals surface area contributed by atoms with E-state index in [1.165, 1.54) is 13.1 Å². The minimum absolute atomic E-state index is 0.135. The molecule has 0 atom stereocenters. The van der Waals surface area contributed by atoms with E-state index in [0.29, 0.717) is 24.8 Å². The average molecular weight is 562 g/mol. The van der Waals surface area contributed by atoms with Gasteiger partial charge in [-0.05, 0) is 62.2 Å². The van der Waals surface area contributed by atoms with E-state index >= 15 is 0 Å². The van der Waals surface area contributed by atoms with Gasteiger partial charge in [0.05, 0.1) is 16.3 Å². The molecule has 150 valence electrons. The fourth-order valence-corrected chi connectivity index (χ4v) is 4.12. The molecule has 2 amide bonds. The maximum absolute atomic E-state index is 13.1. The van der Waals surface area contributed by atoms with Gasteiger partial charge in [0.2, 0.25) is 0 Å². The zero-order valence-electron chi connectivity index (χ0n) is 14.8. The lowest BCUT2D eigenvalue weighted by molar-refractivity contribution is 0.0796. The van der Waals surface area contributed by atoms with Gasteiger partial charge in [-0.2, -0.15) is 0 Å². The van der Waals surface area contributed by atoms with Gasteiger partial charge in [-0.3, -0.25) is 19.2 Å². The van der Waals surface area contributed by atoms with Crippen LogP contribution in [0.3, 0.4) is 0 Å². The van der Waals surface area contributed by atoms with Crippen molar-refractivity contribution in [1.82, 2.24) is 14.6 Å². The summed E-state index contributed by atoms with van der Waals surface area (Å²) in [7, 11) is 1.40. The smallest absolute Gasteiger partial charge is 0.272 e. The Labute approximate surface area is 193 Å². The number of rotatable bonds is 4. The van der Waals surface area contributed by atoms with Gasteiger partial charge in [0, 0.05) is 33.4 Å². The Kier molecular flexibility index (Phi) is 6.65. The Morgan fingerprint density at radius 1 is 1.24 bits per heavy atom. The van der Waals surface area contributed by atoms with Crippen LogP contribution in [-0.2, 0) is 0 Å². The predicted molar refractivity (Wildman–Crippen MR) is 120 cm³/mol. The molecule has 7 nitrogen and oxygen atoms in total. The van der Waals surface area contributed by atoms with Crippen LogP contribution in [0.1, 0.15) is 20.8 Å². The fourth-order valence-electron chi connectivity index (χ4n) is 2.57. The second-order valence-corrected chi connectivity index (χ2v) is 8.52. The summed E-state index contributed by atoms with van der Waals surface area (Å²) >= 11 is 19.0. The molecule has 0 saturated heterocycles. The van der Waals surface area contributed by atoms with Crippen LogP contribution in [0.2, 0.25) is 10.0 Å². The first-order valence-corrected chi connectivity index (χ1v) is 10.3. The highest BCUT2D eigenvalue weighted by atomic mass is 79.9. The highest BCUT2D eigenvalue weighted by molar-refractivity contribution is 9.10. The van der Waals surface area contributed by atoms with Crippen LogP contribution in [0.4, 0.5) is 5.69 Å². The number of hydrogen-bond donors (Lipinski definition) is 2. The van der Waals surface area contributed by atoms with Crippen LogP contribution >= 0.6 is 55.1 Å². The van der Waals surface area contributed by atoms with Gasteiger partial charge < -0.3 is 5.32 Å². The Bertz CT molecular complexity index is 1120. The molecule has 3 aromatic rings. The first kappa shape index (κ1) is 21.8. The monoisotopic (exact) mass is 559 g/mol. The van der Waals surface area contributed by atoms with E-state index < -0.39 is 11.8 Å². The Balaban J connectivity index is 2.05. The van der Waals surface area contributed by atoms with Crippen LogP contribution < -0.4 is 11.2 Å². The lowest BCUT2D eigenvalue weighted by Crippen LogP contribution is -2.34. The van der Waals surface area contributed by atoms with Crippen molar-refractivity contribution in [2.75, 3.05) is 12.4 Å². The SMILES string of the molecule is CN(N)C(=O)c1cc(Cl)cc(Br)c1NC(=O)c1cc(Br)cn1-c1ncccc1Cl. The Morgan fingerprint density at radius 2 is 1.97 bits per heavy atom. The quantitative estimate of drug-likeness (QED) is 0.269. The maximum Gasteiger partial charge on any atom is 0.272 e. The first-order valence-electron chi connectivity index (χ1n) is 8.01. The molecule has 2 heterocycles. The number of carbonyl (C=O) groups excluding carboxylic acids is 2. The third kappa shape index (κ3) is 4.65. The standard InChI is InChI=1S/C18H13Br2Cl2N5O2/c1-26(23)18(29)11-6-10(21)7-12(20)15(11)25-17(28)14-5-9(19)8-27(14)16-13(22)3-2-4-24-16/h2-8H,23H2,1H3,(H,25,28). The number of halogens is 4. The largest absolute Gasteiger partial charge is 0.319 e. The summed E-state index contributed by atoms with van der Waals surface area (Å²) in [6, 6.07) is 7.97. The number of benzene rings is 1. The topological polar surface area (TPSA) is 93.3 Å². The van der Waals surface area contributed by atoms with Gasteiger partial charge >= 0.3 is 0 Å². The van der Waals surface area contributed by atoms with Crippen molar-refractivity contribution in [2.45, 2.75) is 0 Å². The van der Waals surface area contributed by atoms with Crippen molar-refractivity contribution < 1.29 is 9.59 Å². The van der Waals surface area contributed by atoms with Gasteiger partial charge in [0.15, 0.2) is 5.82 Å². The highest BCUT2D eigenvalue weighted by Gasteiger charge is 2.22. The van der Waals surface area contributed by atoms with Crippen molar-refractivity contribution >= 4 is 72.6 Å². The fraction of sp³-hybridized carbons (Fsp3) is 0.0556. The number of anilines is 1. The van der Waals surface area contributed by atoms with Gasteiger partial charge in [-0.25, -0.2) is 10.8 Å². The van der Waals surface area contributed by atoms with Crippen molar-refractivity contribution in [3.05, 3.63) is 73.0 Å². The molecule has 0 aliphatic carbocycles. The highest BCUT2D eigenvalue weighted by Crippen LogP contribution is 2.32. The van der Waals surface area contributed by atoms with E-state index in [-0.39, 0.29) is 16.9 Å².